The molecular formula is C18H23ClN2O3. The zero-order valence-electron chi connectivity index (χ0n) is 14.0. The number of anilines is 1. The third-order valence-corrected chi connectivity index (χ3v) is 3.63. The number of ether oxygens (including phenoxy) is 2. The smallest absolute Gasteiger partial charge is 0.224 e. The minimum atomic E-state index is -0.193. The fourth-order valence-electron chi connectivity index (χ4n) is 2.37. The molecule has 2 aromatic carbocycles. The number of nitrogens with two attached hydrogens (primary N) is 1. The lowest BCUT2D eigenvalue weighted by Crippen LogP contribution is -2.28. The van der Waals surface area contributed by atoms with Crippen LogP contribution in [0.4, 0.5) is 5.69 Å². The number of methoxy groups -OCH3 is 2. The summed E-state index contributed by atoms with van der Waals surface area (Å²) in [5.41, 5.74) is 8.12. The number of halogens is 1. The van der Waals surface area contributed by atoms with E-state index in [-0.39, 0.29) is 24.4 Å². The molecule has 0 saturated heterocycles. The van der Waals surface area contributed by atoms with Gasteiger partial charge >= 0.3 is 0 Å². The second-order valence-corrected chi connectivity index (χ2v) is 5.32. The first-order valence-corrected chi connectivity index (χ1v) is 7.39. The van der Waals surface area contributed by atoms with E-state index in [1.807, 2.05) is 37.3 Å². The molecule has 0 aliphatic carbocycles. The van der Waals surface area contributed by atoms with E-state index in [9.17, 15) is 4.79 Å². The van der Waals surface area contributed by atoms with Crippen molar-refractivity contribution in [1.82, 2.24) is 5.32 Å². The Kier molecular flexibility index (Phi) is 7.39. The summed E-state index contributed by atoms with van der Waals surface area (Å²) in [6.07, 6.45) is 0.302. The number of amides is 1. The third-order valence-electron chi connectivity index (χ3n) is 3.63. The van der Waals surface area contributed by atoms with Gasteiger partial charge in [-0.2, -0.15) is 0 Å². The molecule has 0 aromatic heterocycles. The first-order chi connectivity index (χ1) is 11.0. The SMILES string of the molecule is COc1ccc(OC)c(C(C)NC(=O)Cc2ccc(N)cc2)c1.Cl. The maximum Gasteiger partial charge on any atom is 0.224 e. The van der Waals surface area contributed by atoms with E-state index in [0.717, 1.165) is 16.9 Å². The molecule has 1 unspecified atom stereocenters. The van der Waals surface area contributed by atoms with Crippen LogP contribution in [0.1, 0.15) is 24.1 Å². The van der Waals surface area contributed by atoms with E-state index in [1.165, 1.54) is 0 Å². The average Bonchev–Trinajstić information content (AvgIpc) is 2.56. The molecule has 0 heterocycles. The number of nitrogen functional groups attached to an aromatic ring is 1. The Hall–Kier alpha value is -2.40. The largest absolute Gasteiger partial charge is 0.497 e. The van der Waals surface area contributed by atoms with Gasteiger partial charge in [0.2, 0.25) is 5.91 Å². The van der Waals surface area contributed by atoms with E-state index >= 15 is 0 Å². The summed E-state index contributed by atoms with van der Waals surface area (Å²) in [6.45, 7) is 1.91. The van der Waals surface area contributed by atoms with Crippen molar-refractivity contribution >= 4 is 24.0 Å². The Balaban J connectivity index is 0.00000288. The van der Waals surface area contributed by atoms with E-state index in [4.69, 9.17) is 15.2 Å². The van der Waals surface area contributed by atoms with Gasteiger partial charge in [0.05, 0.1) is 26.7 Å². The van der Waals surface area contributed by atoms with E-state index in [2.05, 4.69) is 5.32 Å². The van der Waals surface area contributed by atoms with Gasteiger partial charge in [-0.15, -0.1) is 12.4 Å². The zero-order valence-corrected chi connectivity index (χ0v) is 14.9. The Bertz CT molecular complexity index is 674. The van der Waals surface area contributed by atoms with Crippen molar-refractivity contribution in [2.24, 2.45) is 0 Å². The average molecular weight is 351 g/mol. The molecule has 130 valence electrons. The van der Waals surface area contributed by atoms with Gasteiger partial charge in [-0.05, 0) is 42.8 Å². The number of hydrogen-bond acceptors (Lipinski definition) is 4. The van der Waals surface area contributed by atoms with Crippen molar-refractivity contribution in [3.05, 3.63) is 53.6 Å². The maximum atomic E-state index is 12.2. The van der Waals surface area contributed by atoms with Gasteiger partial charge in [0.15, 0.2) is 0 Å². The van der Waals surface area contributed by atoms with Crippen molar-refractivity contribution in [2.75, 3.05) is 20.0 Å². The predicted molar refractivity (Wildman–Crippen MR) is 97.9 cm³/mol. The number of nitrogens with one attached hydrogen (secondary N) is 1. The molecule has 3 N–H and O–H groups in total. The highest BCUT2D eigenvalue weighted by molar-refractivity contribution is 5.85. The van der Waals surface area contributed by atoms with E-state index < -0.39 is 0 Å². The van der Waals surface area contributed by atoms with E-state index in [1.54, 1.807) is 26.4 Å². The zero-order chi connectivity index (χ0) is 16.8. The summed E-state index contributed by atoms with van der Waals surface area (Å²) in [5.74, 6) is 1.37. The van der Waals surface area contributed by atoms with Gasteiger partial charge in [-0.1, -0.05) is 12.1 Å². The highest BCUT2D eigenvalue weighted by Crippen LogP contribution is 2.29. The van der Waals surface area contributed by atoms with Crippen LogP contribution in [0.2, 0.25) is 0 Å². The van der Waals surface area contributed by atoms with Crippen molar-refractivity contribution < 1.29 is 14.3 Å². The molecule has 1 atom stereocenters. The van der Waals surface area contributed by atoms with Gasteiger partial charge in [0, 0.05) is 11.3 Å². The Labute approximate surface area is 148 Å². The molecule has 0 aliphatic rings. The fourth-order valence-corrected chi connectivity index (χ4v) is 2.37. The number of rotatable bonds is 6. The normalized spacial score (nSPS) is 11.1. The number of benzene rings is 2. The second kappa shape index (κ2) is 9.03. The van der Waals surface area contributed by atoms with Crippen LogP contribution in [0.3, 0.4) is 0 Å². The number of carbonyl (C=O) groups excluding carboxylic acids is 1. The summed E-state index contributed by atoms with van der Waals surface area (Å²) < 4.78 is 10.6. The molecule has 0 fully saturated rings. The minimum absolute atomic E-state index is 0. The fraction of sp³-hybridized carbons (Fsp3) is 0.278. The number of carbonyl (C=O) groups is 1. The molecule has 24 heavy (non-hydrogen) atoms. The lowest BCUT2D eigenvalue weighted by molar-refractivity contribution is -0.121. The quantitative estimate of drug-likeness (QED) is 0.785. The van der Waals surface area contributed by atoms with Crippen molar-refractivity contribution in [3.8, 4) is 11.5 Å². The van der Waals surface area contributed by atoms with Gasteiger partial charge in [-0.3, -0.25) is 4.79 Å². The minimum Gasteiger partial charge on any atom is -0.497 e. The molecule has 0 saturated carbocycles. The van der Waals surface area contributed by atoms with Gasteiger partial charge in [-0.25, -0.2) is 0 Å². The summed E-state index contributed by atoms with van der Waals surface area (Å²) in [6, 6.07) is 12.6. The van der Waals surface area contributed by atoms with Crippen LogP contribution in [-0.4, -0.2) is 20.1 Å². The molecular weight excluding hydrogens is 328 g/mol. The maximum absolute atomic E-state index is 12.2. The topological polar surface area (TPSA) is 73.6 Å². The van der Waals surface area contributed by atoms with Crippen molar-refractivity contribution in [2.45, 2.75) is 19.4 Å². The molecule has 6 heteroatoms. The van der Waals surface area contributed by atoms with Crippen molar-refractivity contribution in [3.63, 3.8) is 0 Å². The van der Waals surface area contributed by atoms with Crippen LogP contribution in [0.25, 0.3) is 0 Å². The summed E-state index contributed by atoms with van der Waals surface area (Å²) in [7, 11) is 3.21. The Morgan fingerprint density at radius 2 is 1.79 bits per heavy atom. The molecule has 2 rings (SSSR count). The van der Waals surface area contributed by atoms with E-state index in [0.29, 0.717) is 17.9 Å². The van der Waals surface area contributed by atoms with Crippen LogP contribution < -0.4 is 20.5 Å². The first-order valence-electron chi connectivity index (χ1n) is 7.39. The molecule has 1 amide bonds. The van der Waals surface area contributed by atoms with Crippen LogP contribution in [-0.2, 0) is 11.2 Å². The standard InChI is InChI=1S/C18H22N2O3.ClH/c1-12(16-11-15(22-2)8-9-17(16)23-3)20-18(21)10-13-4-6-14(19)7-5-13;/h4-9,11-12H,10,19H2,1-3H3,(H,20,21);1H. The van der Waals surface area contributed by atoms with Crippen LogP contribution in [0.5, 0.6) is 11.5 Å². The Morgan fingerprint density at radius 1 is 1.12 bits per heavy atom. The lowest BCUT2D eigenvalue weighted by atomic mass is 10.1. The summed E-state index contributed by atoms with van der Waals surface area (Å²) >= 11 is 0. The summed E-state index contributed by atoms with van der Waals surface area (Å²) in [4.78, 5) is 12.2. The first kappa shape index (κ1) is 19.6. The molecule has 0 radical (unpaired) electrons. The second-order valence-electron chi connectivity index (χ2n) is 5.32. The number of hydrogen-bond donors (Lipinski definition) is 2. The molecule has 0 spiro atoms. The van der Waals surface area contributed by atoms with Crippen LogP contribution >= 0.6 is 12.4 Å². The highest BCUT2D eigenvalue weighted by atomic mass is 35.5. The van der Waals surface area contributed by atoms with Gasteiger partial charge in [0.1, 0.15) is 11.5 Å². The Morgan fingerprint density at radius 3 is 2.38 bits per heavy atom. The molecule has 0 bridgehead atoms. The predicted octanol–water partition coefficient (Wildman–Crippen LogP) is 3.13. The molecule has 0 aliphatic heterocycles. The van der Waals surface area contributed by atoms with Crippen LogP contribution in [0.15, 0.2) is 42.5 Å². The monoisotopic (exact) mass is 350 g/mol. The lowest BCUT2D eigenvalue weighted by Gasteiger charge is -2.18. The van der Waals surface area contributed by atoms with Crippen LogP contribution in [0, 0.1) is 0 Å². The third kappa shape index (κ3) is 5.06. The molecule has 5 nitrogen and oxygen atoms in total. The van der Waals surface area contributed by atoms with Gasteiger partial charge < -0.3 is 20.5 Å². The molecule has 2 aromatic rings. The highest BCUT2D eigenvalue weighted by Gasteiger charge is 2.15. The summed E-state index contributed by atoms with van der Waals surface area (Å²) in [5, 5.41) is 2.98. The van der Waals surface area contributed by atoms with Gasteiger partial charge in [0.25, 0.3) is 0 Å². The van der Waals surface area contributed by atoms with Crippen molar-refractivity contribution in [1.29, 1.82) is 0 Å².